The molecule has 0 spiro atoms. The van der Waals surface area contributed by atoms with E-state index in [9.17, 15) is 9.59 Å². The number of H-pyrrole nitrogens is 1. The number of hydrogen-bond acceptors (Lipinski definition) is 7. The molecule has 1 aliphatic rings. The molecule has 184 valence electrons. The van der Waals surface area contributed by atoms with Crippen LogP contribution in [0.1, 0.15) is 31.3 Å². The first-order valence-electron chi connectivity index (χ1n) is 11.4. The fourth-order valence-corrected chi connectivity index (χ4v) is 3.75. The number of aromatic amines is 1. The number of rotatable bonds is 5. The van der Waals surface area contributed by atoms with Crippen molar-refractivity contribution >= 4 is 23.4 Å². The van der Waals surface area contributed by atoms with Gasteiger partial charge in [-0.2, -0.15) is 5.10 Å². The number of amides is 2. The molecule has 35 heavy (non-hydrogen) atoms. The Morgan fingerprint density at radius 3 is 2.49 bits per heavy atom. The standard InChI is InChI=1S/C25H30N6O4/c1-25(2,3)35-24(33)31-14-12-30(13-15-31)17-8-9-20(22(16-17)34-4)28-23(32)21-7-5-6-18(27-21)19-10-11-26-29-19/h5-11,16H,12-15H2,1-4H3,(H,26,29)(H,28,32). The molecule has 1 aromatic carbocycles. The van der Waals surface area contributed by atoms with E-state index >= 15 is 0 Å². The van der Waals surface area contributed by atoms with Gasteiger partial charge in [0.25, 0.3) is 5.91 Å². The third-order valence-electron chi connectivity index (χ3n) is 5.49. The molecule has 0 unspecified atom stereocenters. The smallest absolute Gasteiger partial charge is 0.410 e. The lowest BCUT2D eigenvalue weighted by atomic mass is 10.2. The number of benzene rings is 1. The second-order valence-corrected chi connectivity index (χ2v) is 9.17. The molecule has 2 aromatic heterocycles. The topological polar surface area (TPSA) is 113 Å². The van der Waals surface area contributed by atoms with Gasteiger partial charge in [0.2, 0.25) is 0 Å². The highest BCUT2D eigenvalue weighted by Crippen LogP contribution is 2.31. The van der Waals surface area contributed by atoms with E-state index in [1.54, 1.807) is 36.4 Å². The molecule has 0 atom stereocenters. The lowest BCUT2D eigenvalue weighted by Gasteiger charge is -2.37. The molecule has 1 saturated heterocycles. The molecule has 2 amide bonds. The maximum Gasteiger partial charge on any atom is 0.410 e. The van der Waals surface area contributed by atoms with Crippen molar-refractivity contribution in [2.45, 2.75) is 26.4 Å². The summed E-state index contributed by atoms with van der Waals surface area (Å²) in [4.78, 5) is 33.5. The maximum atomic E-state index is 12.9. The van der Waals surface area contributed by atoms with Crippen LogP contribution in [-0.2, 0) is 4.74 Å². The van der Waals surface area contributed by atoms with E-state index in [0.717, 1.165) is 11.4 Å². The summed E-state index contributed by atoms with van der Waals surface area (Å²) in [5.74, 6) is 0.193. The Balaban J connectivity index is 1.42. The number of hydrogen-bond donors (Lipinski definition) is 2. The highest BCUT2D eigenvalue weighted by molar-refractivity contribution is 6.04. The van der Waals surface area contributed by atoms with Gasteiger partial charge in [0.05, 0.1) is 24.2 Å². The number of aromatic nitrogens is 3. The minimum atomic E-state index is -0.516. The van der Waals surface area contributed by atoms with E-state index in [0.29, 0.717) is 43.3 Å². The molecule has 1 fully saturated rings. The van der Waals surface area contributed by atoms with Crippen LogP contribution in [-0.4, -0.2) is 71.0 Å². The zero-order valence-electron chi connectivity index (χ0n) is 20.4. The number of carbonyl (C=O) groups is 2. The van der Waals surface area contributed by atoms with E-state index in [-0.39, 0.29) is 17.7 Å². The molecule has 2 N–H and O–H groups in total. The van der Waals surface area contributed by atoms with Crippen molar-refractivity contribution in [3.8, 4) is 17.1 Å². The molecule has 0 saturated carbocycles. The van der Waals surface area contributed by atoms with Crippen LogP contribution in [0.5, 0.6) is 5.75 Å². The number of anilines is 2. The molecule has 3 aromatic rings. The predicted molar refractivity (Wildman–Crippen MR) is 133 cm³/mol. The molecule has 1 aliphatic heterocycles. The number of methoxy groups -OCH3 is 1. The normalized spacial score (nSPS) is 13.9. The van der Waals surface area contributed by atoms with Crippen LogP contribution < -0.4 is 15.0 Å². The molecule has 0 radical (unpaired) electrons. The number of ether oxygens (including phenoxy) is 2. The Labute approximate surface area is 204 Å². The Hall–Kier alpha value is -4.08. The highest BCUT2D eigenvalue weighted by atomic mass is 16.6. The van der Waals surface area contributed by atoms with Crippen molar-refractivity contribution in [1.29, 1.82) is 0 Å². The zero-order valence-corrected chi connectivity index (χ0v) is 20.4. The van der Waals surface area contributed by atoms with Crippen LogP contribution >= 0.6 is 0 Å². The monoisotopic (exact) mass is 478 g/mol. The average Bonchev–Trinajstić information content (AvgIpc) is 3.38. The number of pyridine rings is 1. The van der Waals surface area contributed by atoms with Crippen molar-refractivity contribution in [2.24, 2.45) is 0 Å². The van der Waals surface area contributed by atoms with Gasteiger partial charge in [-0.15, -0.1) is 0 Å². The second kappa shape index (κ2) is 10.0. The largest absolute Gasteiger partial charge is 0.494 e. The first kappa shape index (κ1) is 24.1. The summed E-state index contributed by atoms with van der Waals surface area (Å²) in [7, 11) is 1.56. The van der Waals surface area contributed by atoms with E-state index in [4.69, 9.17) is 9.47 Å². The van der Waals surface area contributed by atoms with E-state index in [1.165, 1.54) is 0 Å². The van der Waals surface area contributed by atoms with Gasteiger partial charge in [-0.3, -0.25) is 9.89 Å². The Morgan fingerprint density at radius 2 is 1.83 bits per heavy atom. The van der Waals surface area contributed by atoms with Crippen molar-refractivity contribution in [3.63, 3.8) is 0 Å². The van der Waals surface area contributed by atoms with E-state index < -0.39 is 5.60 Å². The molecule has 4 rings (SSSR count). The SMILES string of the molecule is COc1cc(N2CCN(C(=O)OC(C)(C)C)CC2)ccc1NC(=O)c1cccc(-c2ccn[nH]2)n1. The van der Waals surface area contributed by atoms with Gasteiger partial charge < -0.3 is 24.6 Å². The highest BCUT2D eigenvalue weighted by Gasteiger charge is 2.26. The molecular weight excluding hydrogens is 448 g/mol. The van der Waals surface area contributed by atoms with Gasteiger partial charge in [0.1, 0.15) is 17.0 Å². The van der Waals surface area contributed by atoms with Crippen LogP contribution in [0.25, 0.3) is 11.4 Å². The van der Waals surface area contributed by atoms with Gasteiger partial charge in [-0.1, -0.05) is 6.07 Å². The van der Waals surface area contributed by atoms with Crippen LogP contribution in [0.4, 0.5) is 16.2 Å². The minimum Gasteiger partial charge on any atom is -0.494 e. The zero-order chi connectivity index (χ0) is 25.0. The molecule has 0 aliphatic carbocycles. The molecule has 3 heterocycles. The summed E-state index contributed by atoms with van der Waals surface area (Å²) in [5.41, 5.74) is 2.61. The summed E-state index contributed by atoms with van der Waals surface area (Å²) in [6.45, 7) is 8.04. The van der Waals surface area contributed by atoms with Crippen LogP contribution in [0.3, 0.4) is 0 Å². The first-order chi connectivity index (χ1) is 16.7. The van der Waals surface area contributed by atoms with Crippen molar-refractivity contribution < 1.29 is 19.1 Å². The number of nitrogens with one attached hydrogen (secondary N) is 2. The van der Waals surface area contributed by atoms with Gasteiger partial charge in [-0.25, -0.2) is 9.78 Å². The maximum absolute atomic E-state index is 12.9. The van der Waals surface area contributed by atoms with Crippen molar-refractivity contribution in [3.05, 3.63) is 54.4 Å². The van der Waals surface area contributed by atoms with E-state index in [1.807, 2.05) is 45.0 Å². The average molecular weight is 479 g/mol. The first-order valence-corrected chi connectivity index (χ1v) is 11.4. The lowest BCUT2D eigenvalue weighted by Crippen LogP contribution is -2.50. The Kier molecular flexibility index (Phi) is 6.90. The minimum absolute atomic E-state index is 0.279. The van der Waals surface area contributed by atoms with Crippen LogP contribution in [0, 0.1) is 0 Å². The fraction of sp³-hybridized carbons (Fsp3) is 0.360. The number of piperazine rings is 1. The molecule has 10 heteroatoms. The van der Waals surface area contributed by atoms with Gasteiger partial charge >= 0.3 is 6.09 Å². The van der Waals surface area contributed by atoms with Gasteiger partial charge in [0, 0.05) is 44.1 Å². The third-order valence-corrected chi connectivity index (χ3v) is 5.49. The molecule has 0 bridgehead atoms. The number of nitrogens with zero attached hydrogens (tertiary/aromatic N) is 4. The lowest BCUT2D eigenvalue weighted by molar-refractivity contribution is 0.0240. The van der Waals surface area contributed by atoms with Crippen LogP contribution in [0.15, 0.2) is 48.7 Å². The van der Waals surface area contributed by atoms with Gasteiger partial charge in [-0.05, 0) is 51.1 Å². The predicted octanol–water partition coefficient (Wildman–Crippen LogP) is 3.79. The summed E-state index contributed by atoms with van der Waals surface area (Å²) in [6.07, 6.45) is 1.34. The van der Waals surface area contributed by atoms with Crippen molar-refractivity contribution in [2.75, 3.05) is 43.5 Å². The van der Waals surface area contributed by atoms with Crippen LogP contribution in [0.2, 0.25) is 0 Å². The number of carbonyl (C=O) groups excluding carboxylic acids is 2. The summed E-state index contributed by atoms with van der Waals surface area (Å²) >= 11 is 0. The Bertz CT molecular complexity index is 1180. The fourth-order valence-electron chi connectivity index (χ4n) is 3.75. The summed E-state index contributed by atoms with van der Waals surface area (Å²) in [6, 6.07) is 12.6. The molecular formula is C25H30N6O4. The quantitative estimate of drug-likeness (QED) is 0.574. The van der Waals surface area contributed by atoms with Gasteiger partial charge in [0.15, 0.2) is 0 Å². The summed E-state index contributed by atoms with van der Waals surface area (Å²) < 4.78 is 11.0. The molecule has 10 nitrogen and oxygen atoms in total. The van der Waals surface area contributed by atoms with E-state index in [2.05, 4.69) is 25.4 Å². The Morgan fingerprint density at radius 1 is 1.06 bits per heavy atom. The second-order valence-electron chi connectivity index (χ2n) is 9.17. The summed E-state index contributed by atoms with van der Waals surface area (Å²) in [5, 5.41) is 9.66. The third kappa shape index (κ3) is 5.89. The van der Waals surface area contributed by atoms with Crippen molar-refractivity contribution in [1.82, 2.24) is 20.1 Å².